The fourth-order valence-electron chi connectivity index (χ4n) is 1.95. The minimum atomic E-state index is 0.532. The smallest absolute Gasteiger partial charge is 0.123 e. The number of aromatic nitrogens is 3. The molecule has 0 aliphatic rings. The molecular weight excluding hydrogens is 214 g/mol. The van der Waals surface area contributed by atoms with Gasteiger partial charge in [0.2, 0.25) is 0 Å². The normalized spacial score (nSPS) is 10.8. The van der Waals surface area contributed by atoms with Crippen LogP contribution in [0.25, 0.3) is 11.3 Å². The second kappa shape index (κ2) is 4.67. The highest BCUT2D eigenvalue weighted by atomic mass is 16.5. The minimum Gasteiger partial charge on any atom is -0.364 e. The van der Waals surface area contributed by atoms with Crippen LogP contribution in [0.15, 0.2) is 18.5 Å². The third-order valence-electron chi connectivity index (χ3n) is 2.82. The highest BCUT2D eigenvalue weighted by molar-refractivity contribution is 5.61. The zero-order chi connectivity index (χ0) is 12.4. The molecule has 0 aliphatic heterocycles. The summed E-state index contributed by atoms with van der Waals surface area (Å²) in [4.78, 5) is 8.79. The molecule has 2 aromatic heterocycles. The van der Waals surface area contributed by atoms with Crippen LogP contribution in [0, 0.1) is 20.8 Å². The number of pyridine rings is 1. The predicted octanol–water partition coefficient (Wildman–Crippen LogP) is 2.47. The summed E-state index contributed by atoms with van der Waals surface area (Å²) in [5.41, 5.74) is 4.29. The van der Waals surface area contributed by atoms with Gasteiger partial charge in [-0.15, -0.1) is 0 Å². The van der Waals surface area contributed by atoms with Crippen LogP contribution in [0.1, 0.15) is 17.1 Å². The van der Waals surface area contributed by atoms with E-state index in [9.17, 15) is 0 Å². The van der Waals surface area contributed by atoms with Gasteiger partial charge < -0.3 is 9.30 Å². The molecule has 0 saturated heterocycles. The quantitative estimate of drug-likeness (QED) is 0.814. The first-order chi connectivity index (χ1) is 8.13. The van der Waals surface area contributed by atoms with E-state index in [1.165, 1.54) is 0 Å². The Labute approximate surface area is 101 Å². The van der Waals surface area contributed by atoms with Gasteiger partial charge in [-0.1, -0.05) is 0 Å². The number of rotatable bonds is 3. The number of imidazole rings is 1. The van der Waals surface area contributed by atoms with Crippen molar-refractivity contribution in [3.63, 3.8) is 0 Å². The molecule has 0 amide bonds. The van der Waals surface area contributed by atoms with E-state index in [0.717, 1.165) is 28.3 Å². The van der Waals surface area contributed by atoms with Gasteiger partial charge >= 0.3 is 0 Å². The Balaban J connectivity index is 2.50. The lowest BCUT2D eigenvalue weighted by molar-refractivity contribution is 0.128. The fourth-order valence-corrected chi connectivity index (χ4v) is 1.95. The van der Waals surface area contributed by atoms with Crippen LogP contribution in [-0.2, 0) is 11.5 Å². The summed E-state index contributed by atoms with van der Waals surface area (Å²) in [5.74, 6) is 0.959. The van der Waals surface area contributed by atoms with Gasteiger partial charge in [0, 0.05) is 30.8 Å². The Bertz CT molecular complexity index is 531. The zero-order valence-electron chi connectivity index (χ0n) is 10.7. The van der Waals surface area contributed by atoms with Crippen LogP contribution in [0.5, 0.6) is 0 Å². The molecule has 2 rings (SSSR count). The molecule has 4 heteroatoms. The zero-order valence-corrected chi connectivity index (χ0v) is 10.7. The summed E-state index contributed by atoms with van der Waals surface area (Å²) in [6, 6.07) is 2.10. The highest BCUT2D eigenvalue weighted by Gasteiger charge is 2.12. The van der Waals surface area contributed by atoms with Gasteiger partial charge in [-0.05, 0) is 32.4 Å². The van der Waals surface area contributed by atoms with Crippen LogP contribution in [-0.4, -0.2) is 21.6 Å². The van der Waals surface area contributed by atoms with Crippen LogP contribution < -0.4 is 0 Å². The van der Waals surface area contributed by atoms with E-state index in [2.05, 4.69) is 27.5 Å². The van der Waals surface area contributed by atoms with Gasteiger partial charge in [0.05, 0.1) is 5.69 Å². The lowest BCUT2D eigenvalue weighted by atomic mass is 10.1. The van der Waals surface area contributed by atoms with E-state index < -0.39 is 0 Å². The third-order valence-corrected chi connectivity index (χ3v) is 2.82. The Hall–Kier alpha value is -1.68. The number of hydrogen-bond donors (Lipinski definition) is 0. The molecule has 0 spiro atoms. The van der Waals surface area contributed by atoms with Crippen molar-refractivity contribution in [2.45, 2.75) is 27.5 Å². The predicted molar refractivity (Wildman–Crippen MR) is 66.7 cm³/mol. The first-order valence-electron chi connectivity index (χ1n) is 5.58. The average molecular weight is 231 g/mol. The molecule has 0 aliphatic carbocycles. The Morgan fingerprint density at radius 1 is 1.24 bits per heavy atom. The van der Waals surface area contributed by atoms with Crippen molar-refractivity contribution in [2.24, 2.45) is 0 Å². The first kappa shape index (κ1) is 11.8. The highest BCUT2D eigenvalue weighted by Crippen LogP contribution is 2.23. The fraction of sp³-hybridized carbons (Fsp3) is 0.385. The van der Waals surface area contributed by atoms with Crippen LogP contribution >= 0.6 is 0 Å². The van der Waals surface area contributed by atoms with E-state index in [-0.39, 0.29) is 0 Å². The molecule has 0 atom stereocenters. The van der Waals surface area contributed by atoms with Gasteiger partial charge in [0.25, 0.3) is 0 Å². The van der Waals surface area contributed by atoms with Crippen molar-refractivity contribution in [1.29, 1.82) is 0 Å². The Morgan fingerprint density at radius 3 is 2.65 bits per heavy atom. The second-order valence-corrected chi connectivity index (χ2v) is 4.19. The molecule has 4 nitrogen and oxygen atoms in total. The van der Waals surface area contributed by atoms with Crippen molar-refractivity contribution in [3.8, 4) is 11.3 Å². The molecule has 90 valence electrons. The lowest BCUT2D eigenvalue weighted by Crippen LogP contribution is -2.03. The van der Waals surface area contributed by atoms with Crippen molar-refractivity contribution in [3.05, 3.63) is 35.5 Å². The summed E-state index contributed by atoms with van der Waals surface area (Å²) in [5, 5.41) is 0. The minimum absolute atomic E-state index is 0.532. The molecule has 2 aromatic rings. The number of ether oxygens (including phenoxy) is 1. The largest absolute Gasteiger partial charge is 0.364 e. The molecule has 2 heterocycles. The topological polar surface area (TPSA) is 39.9 Å². The Kier molecular flexibility index (Phi) is 3.24. The van der Waals surface area contributed by atoms with Gasteiger partial charge in [0.15, 0.2) is 0 Å². The van der Waals surface area contributed by atoms with Gasteiger partial charge in [0.1, 0.15) is 12.6 Å². The van der Waals surface area contributed by atoms with Gasteiger partial charge in [-0.2, -0.15) is 0 Å². The average Bonchev–Trinajstić information content (AvgIpc) is 2.57. The second-order valence-electron chi connectivity index (χ2n) is 4.19. The lowest BCUT2D eigenvalue weighted by Gasteiger charge is -2.06. The molecule has 0 radical (unpaired) electrons. The van der Waals surface area contributed by atoms with Gasteiger partial charge in [-0.25, -0.2) is 4.98 Å². The molecule has 0 unspecified atom stereocenters. The number of methoxy groups -OCH3 is 1. The summed E-state index contributed by atoms with van der Waals surface area (Å²) in [7, 11) is 1.69. The summed E-state index contributed by atoms with van der Waals surface area (Å²) < 4.78 is 7.22. The monoisotopic (exact) mass is 231 g/mol. The number of nitrogens with zero attached hydrogens (tertiary/aromatic N) is 3. The third kappa shape index (κ3) is 2.22. The maximum Gasteiger partial charge on any atom is 0.123 e. The molecule has 0 N–H and O–H groups in total. The van der Waals surface area contributed by atoms with E-state index in [0.29, 0.717) is 6.73 Å². The van der Waals surface area contributed by atoms with Gasteiger partial charge in [-0.3, -0.25) is 4.98 Å². The number of hydrogen-bond acceptors (Lipinski definition) is 3. The number of aryl methyl sites for hydroxylation is 2. The van der Waals surface area contributed by atoms with Crippen molar-refractivity contribution < 1.29 is 4.74 Å². The molecule has 17 heavy (non-hydrogen) atoms. The molecule has 0 saturated carbocycles. The van der Waals surface area contributed by atoms with Crippen LogP contribution in [0.2, 0.25) is 0 Å². The maximum absolute atomic E-state index is 5.17. The van der Waals surface area contributed by atoms with E-state index in [1.54, 1.807) is 7.11 Å². The summed E-state index contributed by atoms with van der Waals surface area (Å²) in [6.07, 6.45) is 3.69. The first-order valence-corrected chi connectivity index (χ1v) is 5.58. The Morgan fingerprint density at radius 2 is 2.00 bits per heavy atom. The summed E-state index contributed by atoms with van der Waals surface area (Å²) in [6.45, 7) is 6.60. The summed E-state index contributed by atoms with van der Waals surface area (Å²) >= 11 is 0. The molecule has 0 aromatic carbocycles. The van der Waals surface area contributed by atoms with Crippen molar-refractivity contribution >= 4 is 0 Å². The molecule has 0 bridgehead atoms. The van der Waals surface area contributed by atoms with E-state index in [1.807, 2.05) is 26.2 Å². The molecule has 0 fully saturated rings. The van der Waals surface area contributed by atoms with Crippen molar-refractivity contribution in [1.82, 2.24) is 14.5 Å². The van der Waals surface area contributed by atoms with Crippen LogP contribution in [0.4, 0.5) is 0 Å². The standard InChI is InChI=1S/C13H17N3O/c1-9-5-12(7-14-6-9)13-10(2)16(8-17-4)11(3)15-13/h5-7H,8H2,1-4H3. The van der Waals surface area contributed by atoms with Crippen LogP contribution in [0.3, 0.4) is 0 Å². The van der Waals surface area contributed by atoms with E-state index >= 15 is 0 Å². The maximum atomic E-state index is 5.17. The molecular formula is C13H17N3O. The SMILES string of the molecule is COCn1c(C)nc(-c2cncc(C)c2)c1C. The van der Waals surface area contributed by atoms with Crippen molar-refractivity contribution in [2.75, 3.05) is 7.11 Å². The van der Waals surface area contributed by atoms with E-state index in [4.69, 9.17) is 4.74 Å².